The molecular formula is C23H29N5O2S. The summed E-state index contributed by atoms with van der Waals surface area (Å²) in [7, 11) is 0. The standard InChI is InChI=1S/C23H29N5O2S/c1-2-3-9-24-20(29)15-28-12-10-27(11-13-28)14-19-25-22(30)21-18(16-31-23(21)26-19)17-7-5-4-6-8-17/h4-8,16H,2-3,9-15H2,1H3,(H,24,29)(H,25,26,30). The minimum Gasteiger partial charge on any atom is -0.355 e. The van der Waals surface area contributed by atoms with E-state index in [0.29, 0.717) is 24.3 Å². The number of aromatic nitrogens is 2. The highest BCUT2D eigenvalue weighted by Crippen LogP contribution is 2.30. The third-order valence-electron chi connectivity index (χ3n) is 5.64. The Kier molecular flexibility index (Phi) is 7.11. The van der Waals surface area contributed by atoms with E-state index in [1.165, 1.54) is 11.3 Å². The van der Waals surface area contributed by atoms with E-state index in [0.717, 1.165) is 61.5 Å². The molecule has 1 aromatic carbocycles. The van der Waals surface area contributed by atoms with E-state index >= 15 is 0 Å². The highest BCUT2D eigenvalue weighted by molar-refractivity contribution is 7.17. The largest absolute Gasteiger partial charge is 0.355 e. The summed E-state index contributed by atoms with van der Waals surface area (Å²) >= 11 is 1.51. The number of nitrogens with one attached hydrogen (secondary N) is 2. The van der Waals surface area contributed by atoms with Gasteiger partial charge in [0.05, 0.1) is 18.5 Å². The highest BCUT2D eigenvalue weighted by atomic mass is 32.1. The fourth-order valence-corrected chi connectivity index (χ4v) is 4.85. The molecule has 0 radical (unpaired) electrons. The zero-order valence-corrected chi connectivity index (χ0v) is 18.7. The van der Waals surface area contributed by atoms with Gasteiger partial charge in [0, 0.05) is 43.7 Å². The Labute approximate surface area is 186 Å². The number of rotatable bonds is 8. The third kappa shape index (κ3) is 5.39. The van der Waals surface area contributed by atoms with Gasteiger partial charge in [-0.25, -0.2) is 4.98 Å². The van der Waals surface area contributed by atoms with E-state index in [1.54, 1.807) is 0 Å². The van der Waals surface area contributed by atoms with Crippen molar-refractivity contribution in [2.75, 3.05) is 39.3 Å². The first kappa shape index (κ1) is 21.7. The van der Waals surface area contributed by atoms with Crippen molar-refractivity contribution in [1.82, 2.24) is 25.1 Å². The summed E-state index contributed by atoms with van der Waals surface area (Å²) < 4.78 is 0. The summed E-state index contributed by atoms with van der Waals surface area (Å²) in [5.41, 5.74) is 1.89. The van der Waals surface area contributed by atoms with Gasteiger partial charge in [-0.05, 0) is 12.0 Å². The van der Waals surface area contributed by atoms with Crippen LogP contribution in [0.2, 0.25) is 0 Å². The van der Waals surface area contributed by atoms with Crippen molar-refractivity contribution < 1.29 is 4.79 Å². The molecule has 0 saturated carbocycles. The topological polar surface area (TPSA) is 81.3 Å². The van der Waals surface area contributed by atoms with Crippen LogP contribution < -0.4 is 10.9 Å². The van der Waals surface area contributed by atoms with Crippen LogP contribution in [0.25, 0.3) is 21.3 Å². The second-order valence-corrected chi connectivity index (χ2v) is 8.82. The summed E-state index contributed by atoms with van der Waals surface area (Å²) in [6.45, 7) is 7.32. The molecule has 0 aliphatic carbocycles. The maximum absolute atomic E-state index is 12.8. The molecule has 0 atom stereocenters. The molecule has 2 aromatic heterocycles. The number of amides is 1. The molecular weight excluding hydrogens is 410 g/mol. The van der Waals surface area contributed by atoms with Crippen molar-refractivity contribution in [2.24, 2.45) is 0 Å². The number of unbranched alkanes of at least 4 members (excludes halogenated alkanes) is 1. The van der Waals surface area contributed by atoms with E-state index in [2.05, 4.69) is 27.0 Å². The number of hydrogen-bond acceptors (Lipinski definition) is 6. The Balaban J connectivity index is 1.36. The average Bonchev–Trinajstić information content (AvgIpc) is 3.21. The van der Waals surface area contributed by atoms with Crippen molar-refractivity contribution in [3.63, 3.8) is 0 Å². The lowest BCUT2D eigenvalue weighted by Gasteiger charge is -2.33. The third-order valence-corrected chi connectivity index (χ3v) is 6.51. The van der Waals surface area contributed by atoms with E-state index in [9.17, 15) is 9.59 Å². The predicted molar refractivity (Wildman–Crippen MR) is 125 cm³/mol. The number of thiophene rings is 1. The summed E-state index contributed by atoms with van der Waals surface area (Å²) in [6.07, 6.45) is 2.10. The maximum atomic E-state index is 12.8. The molecule has 1 fully saturated rings. The van der Waals surface area contributed by atoms with Crippen LogP contribution >= 0.6 is 11.3 Å². The summed E-state index contributed by atoms with van der Waals surface area (Å²) in [5, 5.41) is 5.65. The zero-order valence-electron chi connectivity index (χ0n) is 17.9. The van der Waals surface area contributed by atoms with Gasteiger partial charge in [-0.2, -0.15) is 0 Å². The molecule has 1 aliphatic rings. The molecule has 3 heterocycles. The van der Waals surface area contributed by atoms with Crippen LogP contribution in [0.3, 0.4) is 0 Å². The van der Waals surface area contributed by atoms with Crippen molar-refractivity contribution in [3.05, 3.63) is 51.9 Å². The average molecular weight is 440 g/mol. The Morgan fingerprint density at radius 1 is 1.16 bits per heavy atom. The van der Waals surface area contributed by atoms with Crippen LogP contribution in [0.15, 0.2) is 40.5 Å². The quantitative estimate of drug-likeness (QED) is 0.528. The normalized spacial score (nSPS) is 15.4. The molecule has 3 aromatic rings. The highest BCUT2D eigenvalue weighted by Gasteiger charge is 2.20. The van der Waals surface area contributed by atoms with Gasteiger partial charge in [0.1, 0.15) is 10.7 Å². The number of piperazine rings is 1. The number of benzene rings is 1. The van der Waals surface area contributed by atoms with Crippen LogP contribution in [0.4, 0.5) is 0 Å². The Hall–Kier alpha value is -2.55. The van der Waals surface area contributed by atoms with Crippen LogP contribution in [-0.2, 0) is 11.3 Å². The predicted octanol–water partition coefficient (Wildman–Crippen LogP) is 2.69. The molecule has 1 amide bonds. The molecule has 0 bridgehead atoms. The number of H-pyrrole nitrogens is 1. The summed E-state index contributed by atoms with van der Waals surface area (Å²) in [6, 6.07) is 9.95. The summed E-state index contributed by atoms with van der Waals surface area (Å²) in [5.74, 6) is 0.801. The molecule has 0 spiro atoms. The van der Waals surface area contributed by atoms with Crippen LogP contribution in [0, 0.1) is 0 Å². The van der Waals surface area contributed by atoms with Gasteiger partial charge >= 0.3 is 0 Å². The van der Waals surface area contributed by atoms with E-state index in [4.69, 9.17) is 4.98 Å². The molecule has 4 rings (SSSR count). The number of aromatic amines is 1. The first-order valence-electron chi connectivity index (χ1n) is 10.9. The van der Waals surface area contributed by atoms with Gasteiger partial charge < -0.3 is 10.3 Å². The van der Waals surface area contributed by atoms with E-state index < -0.39 is 0 Å². The SMILES string of the molecule is CCCCNC(=O)CN1CCN(Cc2nc3scc(-c4ccccc4)c3c(=O)[nH]2)CC1. The lowest BCUT2D eigenvalue weighted by atomic mass is 10.1. The molecule has 1 saturated heterocycles. The fraction of sp³-hybridized carbons (Fsp3) is 0.435. The van der Waals surface area contributed by atoms with Gasteiger partial charge in [0.25, 0.3) is 5.56 Å². The second kappa shape index (κ2) is 10.2. The van der Waals surface area contributed by atoms with Crippen molar-refractivity contribution in [3.8, 4) is 11.1 Å². The zero-order chi connectivity index (χ0) is 21.6. The number of carbonyl (C=O) groups is 1. The van der Waals surface area contributed by atoms with Gasteiger partial charge in [0.15, 0.2) is 0 Å². The van der Waals surface area contributed by atoms with Gasteiger partial charge in [-0.3, -0.25) is 19.4 Å². The second-order valence-electron chi connectivity index (χ2n) is 7.96. The summed E-state index contributed by atoms with van der Waals surface area (Å²) in [4.78, 5) is 37.8. The van der Waals surface area contributed by atoms with Crippen molar-refractivity contribution in [2.45, 2.75) is 26.3 Å². The van der Waals surface area contributed by atoms with Gasteiger partial charge in [-0.15, -0.1) is 11.3 Å². The first-order chi connectivity index (χ1) is 15.1. The van der Waals surface area contributed by atoms with Gasteiger partial charge in [-0.1, -0.05) is 43.7 Å². The lowest BCUT2D eigenvalue weighted by molar-refractivity contribution is -0.122. The number of hydrogen-bond donors (Lipinski definition) is 2. The monoisotopic (exact) mass is 439 g/mol. The first-order valence-corrected chi connectivity index (χ1v) is 11.8. The Morgan fingerprint density at radius 2 is 1.90 bits per heavy atom. The van der Waals surface area contributed by atoms with Crippen LogP contribution in [0.5, 0.6) is 0 Å². The molecule has 8 heteroatoms. The lowest BCUT2D eigenvalue weighted by Crippen LogP contribution is -2.49. The smallest absolute Gasteiger partial charge is 0.260 e. The number of carbonyl (C=O) groups excluding carboxylic acids is 1. The van der Waals surface area contributed by atoms with E-state index in [1.807, 2.05) is 35.7 Å². The molecule has 164 valence electrons. The number of fused-ring (bicyclic) bond motifs is 1. The molecule has 1 aliphatic heterocycles. The van der Waals surface area contributed by atoms with Gasteiger partial charge in [0.2, 0.25) is 5.91 Å². The molecule has 2 N–H and O–H groups in total. The minimum atomic E-state index is -0.0810. The molecule has 0 unspecified atom stereocenters. The maximum Gasteiger partial charge on any atom is 0.260 e. The van der Waals surface area contributed by atoms with Crippen molar-refractivity contribution in [1.29, 1.82) is 0 Å². The molecule has 7 nitrogen and oxygen atoms in total. The fourth-order valence-electron chi connectivity index (χ4n) is 3.88. The molecule has 31 heavy (non-hydrogen) atoms. The Morgan fingerprint density at radius 3 is 2.65 bits per heavy atom. The van der Waals surface area contributed by atoms with Crippen LogP contribution in [-0.4, -0.2) is 64.9 Å². The van der Waals surface area contributed by atoms with Crippen LogP contribution in [0.1, 0.15) is 25.6 Å². The van der Waals surface area contributed by atoms with Crippen molar-refractivity contribution >= 4 is 27.5 Å². The number of nitrogens with zero attached hydrogens (tertiary/aromatic N) is 3. The van der Waals surface area contributed by atoms with E-state index in [-0.39, 0.29) is 11.5 Å². The minimum absolute atomic E-state index is 0.0810. The Bertz CT molecular complexity index is 1070.